The summed E-state index contributed by atoms with van der Waals surface area (Å²) in [4.78, 5) is 53.0. The van der Waals surface area contributed by atoms with Crippen LogP contribution in [-0.2, 0) is 23.6 Å². The molecular weight excluding hydrogens is 406 g/mol. The standard InChI is InChI=1S/C20H24BN2O6P/c1-9-15(14-7-5-13(6-8-14)10(2)24)18(20(27)29-30-22-21)23-17(9)16(19(23)26)11(3)28-12(4)25/h5-9,11,16-17,22,30H,21H2,1-4H3/t9-,11+,16+,17+/m0/s1. The van der Waals surface area contributed by atoms with Gasteiger partial charge in [-0.3, -0.25) is 14.4 Å². The molecule has 5 atom stereocenters. The number of rotatable bonds is 7. The minimum atomic E-state index is -0.602. The predicted molar refractivity (Wildman–Crippen MR) is 114 cm³/mol. The van der Waals surface area contributed by atoms with Crippen molar-refractivity contribution < 1.29 is 28.4 Å². The summed E-state index contributed by atoms with van der Waals surface area (Å²) in [5.74, 6) is -2.09. The van der Waals surface area contributed by atoms with Crippen molar-refractivity contribution in [2.75, 3.05) is 0 Å². The van der Waals surface area contributed by atoms with E-state index in [4.69, 9.17) is 9.26 Å². The van der Waals surface area contributed by atoms with Crippen molar-refractivity contribution in [1.29, 1.82) is 0 Å². The molecule has 2 heterocycles. The maximum atomic E-state index is 13.0. The summed E-state index contributed by atoms with van der Waals surface area (Å²) >= 11 is 0. The van der Waals surface area contributed by atoms with E-state index in [0.717, 1.165) is 5.56 Å². The van der Waals surface area contributed by atoms with E-state index in [1.165, 1.54) is 18.7 Å². The van der Waals surface area contributed by atoms with Crippen LogP contribution in [0.1, 0.15) is 43.6 Å². The highest BCUT2D eigenvalue weighted by molar-refractivity contribution is 7.32. The number of ketones is 1. The van der Waals surface area contributed by atoms with Crippen LogP contribution in [0.4, 0.5) is 0 Å². The molecule has 8 nitrogen and oxygen atoms in total. The van der Waals surface area contributed by atoms with Crippen LogP contribution in [0.2, 0.25) is 0 Å². The average molecular weight is 430 g/mol. The molecule has 0 spiro atoms. The SMILES string of the molecule is BNPOC(=O)C1=C(c2ccc(C(C)=O)cc2)[C@H](C)[C@@H]2[C@@H]([C@@H](C)OC(C)=O)C(=O)N12. The number of fused-ring (bicyclic) bond motifs is 1. The van der Waals surface area contributed by atoms with Crippen molar-refractivity contribution in [2.45, 2.75) is 39.8 Å². The smallest absolute Gasteiger partial charge is 0.359 e. The summed E-state index contributed by atoms with van der Waals surface area (Å²) in [6.45, 7) is 6.41. The van der Waals surface area contributed by atoms with E-state index in [9.17, 15) is 19.2 Å². The highest BCUT2D eigenvalue weighted by Crippen LogP contribution is 2.51. The van der Waals surface area contributed by atoms with Crippen LogP contribution in [0.15, 0.2) is 30.0 Å². The fourth-order valence-electron chi connectivity index (χ4n) is 4.29. The molecule has 0 saturated carbocycles. The van der Waals surface area contributed by atoms with Gasteiger partial charge in [-0.1, -0.05) is 31.2 Å². The Balaban J connectivity index is 2.01. The Morgan fingerprint density at radius 1 is 1.20 bits per heavy atom. The lowest BCUT2D eigenvalue weighted by atomic mass is 9.76. The molecule has 3 rings (SSSR count). The molecular formula is C20H24BN2O6P. The monoisotopic (exact) mass is 430 g/mol. The molecule has 0 bridgehead atoms. The molecule has 10 heteroatoms. The molecule has 1 fully saturated rings. The maximum Gasteiger partial charge on any atom is 0.359 e. The number of Topliss-reactive ketones (excluding diaryl/α,β-unsaturated/α-hetero) is 1. The molecule has 1 saturated heterocycles. The van der Waals surface area contributed by atoms with Gasteiger partial charge in [0.15, 0.2) is 13.8 Å². The number of esters is 1. The maximum absolute atomic E-state index is 13.0. The minimum absolute atomic E-state index is 0.0564. The first-order valence-electron chi connectivity index (χ1n) is 9.67. The number of carbonyl (C=O) groups excluding carboxylic acids is 4. The zero-order valence-electron chi connectivity index (χ0n) is 17.5. The average Bonchev–Trinajstić information content (AvgIpc) is 2.94. The van der Waals surface area contributed by atoms with Gasteiger partial charge in [0.25, 0.3) is 0 Å². The third-order valence-electron chi connectivity index (χ3n) is 5.55. The Morgan fingerprint density at radius 3 is 2.37 bits per heavy atom. The van der Waals surface area contributed by atoms with Crippen molar-refractivity contribution in [3.63, 3.8) is 0 Å². The van der Waals surface area contributed by atoms with Crippen molar-refractivity contribution in [2.24, 2.45) is 11.8 Å². The van der Waals surface area contributed by atoms with Crippen LogP contribution in [0, 0.1) is 11.8 Å². The largest absolute Gasteiger partial charge is 0.462 e. The molecule has 1 aromatic rings. The number of β-lactam (4-membered cyclic amide) rings is 1. The Labute approximate surface area is 177 Å². The fraction of sp³-hybridized carbons (Fsp3) is 0.400. The number of carbonyl (C=O) groups is 4. The van der Waals surface area contributed by atoms with Gasteiger partial charge in [0.05, 0.1) is 12.0 Å². The van der Waals surface area contributed by atoms with E-state index < -0.39 is 24.0 Å². The lowest BCUT2D eigenvalue weighted by molar-refractivity contribution is -0.170. The second kappa shape index (κ2) is 8.70. The number of ether oxygens (including phenoxy) is 1. The van der Waals surface area contributed by atoms with Gasteiger partial charge in [-0.05, 0) is 25.0 Å². The summed E-state index contributed by atoms with van der Waals surface area (Å²) in [6.07, 6.45) is -0.602. The lowest BCUT2D eigenvalue weighted by Crippen LogP contribution is -2.64. The van der Waals surface area contributed by atoms with Gasteiger partial charge in [-0.15, -0.1) is 0 Å². The van der Waals surface area contributed by atoms with E-state index in [1.54, 1.807) is 39.2 Å². The fourth-order valence-corrected chi connectivity index (χ4v) is 4.59. The second-order valence-corrected chi connectivity index (χ2v) is 8.37. The van der Waals surface area contributed by atoms with E-state index in [1.807, 2.05) is 6.92 Å². The molecule has 1 aromatic carbocycles. The van der Waals surface area contributed by atoms with Crippen molar-refractivity contribution in [3.05, 3.63) is 41.1 Å². The number of amides is 1. The van der Waals surface area contributed by atoms with Crippen LogP contribution in [0.25, 0.3) is 5.57 Å². The summed E-state index contributed by atoms with van der Waals surface area (Å²) in [5, 5.41) is 0. The van der Waals surface area contributed by atoms with Gasteiger partial charge < -0.3 is 19.2 Å². The first kappa shape index (κ1) is 22.2. The van der Waals surface area contributed by atoms with Gasteiger partial charge in [0, 0.05) is 18.4 Å². The normalized spacial score (nSPS) is 23.9. The van der Waals surface area contributed by atoms with Gasteiger partial charge >= 0.3 is 11.9 Å². The molecule has 0 aromatic heterocycles. The zero-order valence-corrected chi connectivity index (χ0v) is 18.5. The number of hydrogen-bond donors (Lipinski definition) is 1. The van der Waals surface area contributed by atoms with Crippen molar-refractivity contribution in [3.8, 4) is 0 Å². The first-order valence-corrected chi connectivity index (χ1v) is 10.6. The molecule has 0 radical (unpaired) electrons. The van der Waals surface area contributed by atoms with Crippen LogP contribution >= 0.6 is 8.96 Å². The number of benzene rings is 1. The lowest BCUT2D eigenvalue weighted by Gasteiger charge is -2.47. The summed E-state index contributed by atoms with van der Waals surface area (Å²) in [6, 6.07) is 6.64. The summed E-state index contributed by atoms with van der Waals surface area (Å²) in [7, 11) is 1.41. The number of nitrogens with zero attached hydrogens (tertiary/aromatic N) is 1. The predicted octanol–water partition coefficient (Wildman–Crippen LogP) is 1.22. The summed E-state index contributed by atoms with van der Waals surface area (Å²) < 4.78 is 10.5. The van der Waals surface area contributed by atoms with Gasteiger partial charge in [0.1, 0.15) is 20.8 Å². The van der Waals surface area contributed by atoms with Gasteiger partial charge in [-0.25, -0.2) is 4.79 Å². The molecule has 2 aliphatic rings. The highest BCUT2D eigenvalue weighted by Gasteiger charge is 2.61. The minimum Gasteiger partial charge on any atom is -0.462 e. The second-order valence-electron chi connectivity index (χ2n) is 7.47. The van der Waals surface area contributed by atoms with E-state index in [0.29, 0.717) is 11.1 Å². The zero-order chi connectivity index (χ0) is 22.2. The molecule has 2 aliphatic heterocycles. The number of hydrogen-bond acceptors (Lipinski definition) is 7. The Bertz CT molecular complexity index is 932. The molecule has 0 aliphatic carbocycles. The van der Waals surface area contributed by atoms with Crippen LogP contribution in [0.5, 0.6) is 0 Å². The molecule has 1 unspecified atom stereocenters. The third-order valence-corrected chi connectivity index (χ3v) is 6.04. The Hall–Kier alpha value is -2.51. The summed E-state index contributed by atoms with van der Waals surface area (Å²) in [5.41, 5.74) is 2.20. The Morgan fingerprint density at radius 2 is 1.83 bits per heavy atom. The first-order chi connectivity index (χ1) is 14.2. The topological polar surface area (TPSA) is 102 Å². The third kappa shape index (κ3) is 3.79. The highest BCUT2D eigenvalue weighted by atomic mass is 31.1. The number of nitrogens with one attached hydrogen (secondary N) is 1. The Kier molecular flexibility index (Phi) is 6.43. The van der Waals surface area contributed by atoms with Crippen molar-refractivity contribution in [1.82, 2.24) is 9.90 Å². The van der Waals surface area contributed by atoms with E-state index in [2.05, 4.69) is 5.00 Å². The quantitative estimate of drug-likeness (QED) is 0.228. The molecule has 1 N–H and O–H groups in total. The van der Waals surface area contributed by atoms with Gasteiger partial charge in [0.2, 0.25) is 5.91 Å². The molecule has 1 amide bonds. The molecule has 158 valence electrons. The van der Waals surface area contributed by atoms with Gasteiger partial charge in [-0.2, -0.15) is 0 Å². The van der Waals surface area contributed by atoms with Crippen molar-refractivity contribution >= 4 is 46.1 Å². The van der Waals surface area contributed by atoms with E-state index >= 15 is 0 Å². The molecule has 30 heavy (non-hydrogen) atoms. The van der Waals surface area contributed by atoms with Crippen LogP contribution < -0.4 is 5.00 Å². The van der Waals surface area contributed by atoms with Crippen LogP contribution in [0.3, 0.4) is 0 Å². The van der Waals surface area contributed by atoms with Crippen LogP contribution in [-0.4, -0.2) is 48.7 Å². The van der Waals surface area contributed by atoms with E-state index in [-0.39, 0.29) is 38.3 Å².